The topological polar surface area (TPSA) is 36.4 Å². The maximum absolute atomic E-state index is 13.0. The molecular weight excluding hydrogens is 362 g/mol. The van der Waals surface area contributed by atoms with Gasteiger partial charge in [-0.05, 0) is 48.0 Å². The van der Waals surface area contributed by atoms with Gasteiger partial charge in [0.15, 0.2) is 0 Å². The largest absolute Gasteiger partial charge is 0.305 e. The highest BCUT2D eigenvalue weighted by Crippen LogP contribution is 2.45. The molecule has 0 aromatic carbocycles. The van der Waals surface area contributed by atoms with Crippen molar-refractivity contribution < 1.29 is 4.79 Å². The molecule has 0 saturated carbocycles. The van der Waals surface area contributed by atoms with E-state index in [9.17, 15) is 4.79 Å². The summed E-state index contributed by atoms with van der Waals surface area (Å²) >= 11 is 3.37. The molecule has 1 amide bonds. The lowest BCUT2D eigenvalue weighted by molar-refractivity contribution is 0.0985. The Hall–Kier alpha value is -2.02. The van der Waals surface area contributed by atoms with Crippen LogP contribution in [0.5, 0.6) is 0 Å². The Balaban J connectivity index is 1.44. The Labute approximate surface area is 160 Å². The number of carbonyl (C=O) groups is 1. The van der Waals surface area contributed by atoms with Crippen LogP contribution < -0.4 is 4.90 Å². The molecule has 3 aromatic rings. The molecule has 0 aliphatic carbocycles. The minimum absolute atomic E-state index is 0.0421. The molecule has 1 unspecified atom stereocenters. The van der Waals surface area contributed by atoms with Gasteiger partial charge in [-0.2, -0.15) is 11.3 Å². The Morgan fingerprint density at radius 1 is 1.19 bits per heavy atom. The van der Waals surface area contributed by atoms with Gasteiger partial charge in [-0.3, -0.25) is 14.7 Å². The average Bonchev–Trinajstić information content (AvgIpc) is 3.44. The van der Waals surface area contributed by atoms with Crippen molar-refractivity contribution in [1.29, 1.82) is 0 Å². The van der Waals surface area contributed by atoms with Crippen LogP contribution in [0.1, 0.15) is 27.3 Å². The number of thiophene rings is 2. The van der Waals surface area contributed by atoms with Crippen LogP contribution in [0.3, 0.4) is 0 Å². The third-order valence-corrected chi connectivity index (χ3v) is 6.99. The van der Waals surface area contributed by atoms with Gasteiger partial charge in [0.25, 0.3) is 5.91 Å². The molecule has 0 bridgehead atoms. The van der Waals surface area contributed by atoms with Crippen molar-refractivity contribution in [2.45, 2.75) is 18.4 Å². The van der Waals surface area contributed by atoms with E-state index in [1.165, 1.54) is 4.88 Å². The van der Waals surface area contributed by atoms with Crippen LogP contribution in [0.25, 0.3) is 0 Å². The fraction of sp³-hybridized carbons (Fsp3) is 0.300. The Bertz CT molecular complexity index is 922. The summed E-state index contributed by atoms with van der Waals surface area (Å²) in [5.74, 6) is 0.0917. The molecule has 1 spiro atoms. The Morgan fingerprint density at radius 3 is 2.96 bits per heavy atom. The van der Waals surface area contributed by atoms with Crippen molar-refractivity contribution in [3.8, 4) is 0 Å². The Kier molecular flexibility index (Phi) is 3.92. The van der Waals surface area contributed by atoms with Crippen LogP contribution in [-0.2, 0) is 12.0 Å². The van der Waals surface area contributed by atoms with E-state index >= 15 is 0 Å². The van der Waals surface area contributed by atoms with E-state index in [0.29, 0.717) is 0 Å². The summed E-state index contributed by atoms with van der Waals surface area (Å²) in [4.78, 5) is 23.6. The first-order chi connectivity index (χ1) is 12.8. The quantitative estimate of drug-likeness (QED) is 0.688. The van der Waals surface area contributed by atoms with E-state index in [4.69, 9.17) is 4.98 Å². The van der Waals surface area contributed by atoms with Crippen molar-refractivity contribution >= 4 is 34.3 Å². The van der Waals surface area contributed by atoms with Crippen molar-refractivity contribution in [3.63, 3.8) is 0 Å². The third-order valence-electron chi connectivity index (χ3n) is 5.45. The highest BCUT2D eigenvalue weighted by atomic mass is 32.1. The van der Waals surface area contributed by atoms with Gasteiger partial charge in [0.05, 0.1) is 16.9 Å². The molecule has 0 N–H and O–H groups in total. The van der Waals surface area contributed by atoms with E-state index in [2.05, 4.69) is 22.4 Å². The van der Waals surface area contributed by atoms with Crippen LogP contribution in [-0.4, -0.2) is 35.4 Å². The second-order valence-corrected chi connectivity index (χ2v) is 8.91. The van der Waals surface area contributed by atoms with E-state index in [-0.39, 0.29) is 11.3 Å². The van der Waals surface area contributed by atoms with Gasteiger partial charge in [-0.15, -0.1) is 11.3 Å². The average molecular weight is 382 g/mol. The van der Waals surface area contributed by atoms with E-state index in [1.807, 2.05) is 51.4 Å². The van der Waals surface area contributed by atoms with Crippen LogP contribution in [0.15, 0.2) is 52.7 Å². The number of pyridine rings is 1. The fourth-order valence-electron chi connectivity index (χ4n) is 4.25. The third kappa shape index (κ3) is 2.60. The number of rotatable bonds is 3. The number of likely N-dealkylation sites (tertiary alicyclic amines) is 1. The molecule has 4 nitrogen and oxygen atoms in total. The summed E-state index contributed by atoms with van der Waals surface area (Å²) in [6, 6.07) is 10.2. The summed E-state index contributed by atoms with van der Waals surface area (Å²) in [7, 11) is 0. The minimum atomic E-state index is -0.0421. The SMILES string of the molecule is O=C(c1ccsc1)N1CC2(CCN(Cc3cccs3)C2)c2ncccc21. The fourth-order valence-corrected chi connectivity index (χ4v) is 5.62. The van der Waals surface area contributed by atoms with Crippen LogP contribution >= 0.6 is 22.7 Å². The first kappa shape index (κ1) is 16.2. The number of amides is 1. The molecule has 6 heteroatoms. The van der Waals surface area contributed by atoms with Gasteiger partial charge in [0.2, 0.25) is 0 Å². The van der Waals surface area contributed by atoms with Gasteiger partial charge in [-0.1, -0.05) is 6.07 Å². The molecule has 5 rings (SSSR count). The summed E-state index contributed by atoms with van der Waals surface area (Å²) in [5.41, 5.74) is 2.81. The van der Waals surface area contributed by atoms with Crippen molar-refractivity contribution in [2.75, 3.05) is 24.5 Å². The van der Waals surface area contributed by atoms with Gasteiger partial charge in [-0.25, -0.2) is 0 Å². The zero-order valence-electron chi connectivity index (χ0n) is 14.3. The number of nitrogens with zero attached hydrogens (tertiary/aromatic N) is 3. The highest BCUT2D eigenvalue weighted by molar-refractivity contribution is 7.09. The van der Waals surface area contributed by atoms with Gasteiger partial charge < -0.3 is 4.90 Å². The first-order valence-corrected chi connectivity index (χ1v) is 10.6. The molecule has 5 heterocycles. The number of hydrogen-bond acceptors (Lipinski definition) is 5. The van der Waals surface area contributed by atoms with Gasteiger partial charge in [0, 0.05) is 41.5 Å². The van der Waals surface area contributed by atoms with Crippen LogP contribution in [0.4, 0.5) is 5.69 Å². The summed E-state index contributed by atoms with van der Waals surface area (Å²) in [6.45, 7) is 3.73. The molecule has 1 fully saturated rings. The molecule has 2 aliphatic rings. The monoisotopic (exact) mass is 381 g/mol. The molecule has 0 radical (unpaired) electrons. The number of aromatic nitrogens is 1. The molecule has 26 heavy (non-hydrogen) atoms. The predicted octanol–water partition coefficient (Wildman–Crippen LogP) is 4.01. The Morgan fingerprint density at radius 2 is 2.15 bits per heavy atom. The predicted molar refractivity (Wildman–Crippen MR) is 106 cm³/mol. The molecular formula is C20H19N3OS2. The highest BCUT2D eigenvalue weighted by Gasteiger charge is 2.49. The number of hydrogen-bond donors (Lipinski definition) is 0. The lowest BCUT2D eigenvalue weighted by atomic mass is 9.85. The van der Waals surface area contributed by atoms with Crippen LogP contribution in [0.2, 0.25) is 0 Å². The number of carbonyl (C=O) groups excluding carboxylic acids is 1. The smallest absolute Gasteiger partial charge is 0.259 e. The molecule has 1 saturated heterocycles. The van der Waals surface area contributed by atoms with Crippen molar-refractivity contribution in [3.05, 3.63) is 68.8 Å². The summed E-state index contributed by atoms with van der Waals surface area (Å²) < 4.78 is 0. The molecule has 132 valence electrons. The van der Waals surface area contributed by atoms with Gasteiger partial charge >= 0.3 is 0 Å². The van der Waals surface area contributed by atoms with Crippen molar-refractivity contribution in [2.24, 2.45) is 0 Å². The molecule has 2 aliphatic heterocycles. The normalized spacial score (nSPS) is 22.2. The van der Waals surface area contributed by atoms with Gasteiger partial charge in [0.1, 0.15) is 0 Å². The standard InChI is InChI=1S/C20H19N3OS2/c24-19(15-5-10-25-12-15)23-14-20(18-17(23)4-1-7-21-18)6-8-22(13-20)11-16-3-2-9-26-16/h1-5,7,9-10,12H,6,8,11,13-14H2. The first-order valence-electron chi connectivity index (χ1n) is 8.79. The van der Waals surface area contributed by atoms with Crippen LogP contribution in [0, 0.1) is 0 Å². The van der Waals surface area contributed by atoms with E-state index in [0.717, 1.165) is 49.5 Å². The number of anilines is 1. The van der Waals surface area contributed by atoms with E-state index in [1.54, 1.807) is 11.3 Å². The zero-order valence-corrected chi connectivity index (χ0v) is 15.9. The lowest BCUT2D eigenvalue weighted by Crippen LogP contribution is -2.39. The maximum atomic E-state index is 13.0. The lowest BCUT2D eigenvalue weighted by Gasteiger charge is -2.25. The summed E-state index contributed by atoms with van der Waals surface area (Å²) in [5, 5.41) is 6.03. The minimum Gasteiger partial charge on any atom is -0.305 e. The molecule has 3 aromatic heterocycles. The van der Waals surface area contributed by atoms with Crippen molar-refractivity contribution in [1.82, 2.24) is 9.88 Å². The summed E-state index contributed by atoms with van der Waals surface area (Å²) in [6.07, 6.45) is 2.91. The second kappa shape index (κ2) is 6.30. The number of fused-ring (bicyclic) bond motifs is 2. The maximum Gasteiger partial charge on any atom is 0.259 e. The zero-order chi connectivity index (χ0) is 17.6. The second-order valence-electron chi connectivity index (χ2n) is 7.09. The molecule has 1 atom stereocenters. The van der Waals surface area contributed by atoms with E-state index < -0.39 is 0 Å².